The second-order valence-electron chi connectivity index (χ2n) is 5.72. The molecule has 2 aliphatic rings. The molecule has 0 aromatic rings. The summed E-state index contributed by atoms with van der Waals surface area (Å²) in [6.45, 7) is 9.10. The molecule has 1 atom stereocenters. The van der Waals surface area contributed by atoms with Gasteiger partial charge in [0.05, 0.1) is 25.4 Å². The number of morpholine rings is 1. The highest BCUT2D eigenvalue weighted by atomic mass is 16.5. The van der Waals surface area contributed by atoms with Gasteiger partial charge in [-0.05, 0) is 19.4 Å². The predicted octanol–water partition coefficient (Wildman–Crippen LogP) is 1.65. The summed E-state index contributed by atoms with van der Waals surface area (Å²) in [4.78, 5) is 2.45. The molecule has 1 heterocycles. The third-order valence-corrected chi connectivity index (χ3v) is 4.23. The van der Waals surface area contributed by atoms with Crippen LogP contribution in [0, 0.1) is 0 Å². The molecule has 112 valence electrons. The lowest BCUT2D eigenvalue weighted by atomic mass is 9.98. The Balaban J connectivity index is 1.47. The topological polar surface area (TPSA) is 33.7 Å². The number of likely N-dealkylation sites (N-methyl/N-ethyl adjacent to an activating group) is 1. The fraction of sp³-hybridized carbons (Fsp3) is 1.00. The van der Waals surface area contributed by atoms with E-state index in [-0.39, 0.29) is 0 Å². The zero-order valence-electron chi connectivity index (χ0n) is 12.4. The lowest BCUT2D eigenvalue weighted by molar-refractivity contribution is -0.0269. The molecule has 0 aromatic heterocycles. The van der Waals surface area contributed by atoms with E-state index < -0.39 is 0 Å². The summed E-state index contributed by atoms with van der Waals surface area (Å²) in [5.74, 6) is 0. The third kappa shape index (κ3) is 5.78. The summed E-state index contributed by atoms with van der Waals surface area (Å²) in [7, 11) is 0. The SMILES string of the molecule is CCN1CCOC(CNCCOC2CCCCC2)C1. The first-order chi connectivity index (χ1) is 9.38. The Hall–Kier alpha value is -0.160. The van der Waals surface area contributed by atoms with Crippen LogP contribution in [-0.2, 0) is 9.47 Å². The van der Waals surface area contributed by atoms with Gasteiger partial charge in [-0.25, -0.2) is 0 Å². The fourth-order valence-corrected chi connectivity index (χ4v) is 2.98. The minimum Gasteiger partial charge on any atom is -0.377 e. The molecule has 0 aromatic carbocycles. The normalized spacial score (nSPS) is 26.7. The average molecular weight is 270 g/mol. The van der Waals surface area contributed by atoms with E-state index in [1.807, 2.05) is 0 Å². The Kier molecular flexibility index (Phi) is 7.14. The van der Waals surface area contributed by atoms with Crippen LogP contribution in [0.15, 0.2) is 0 Å². The highest BCUT2D eigenvalue weighted by Crippen LogP contribution is 2.19. The van der Waals surface area contributed by atoms with Gasteiger partial charge >= 0.3 is 0 Å². The lowest BCUT2D eigenvalue weighted by Gasteiger charge is -2.32. The van der Waals surface area contributed by atoms with Gasteiger partial charge in [-0.3, -0.25) is 4.90 Å². The van der Waals surface area contributed by atoms with E-state index in [9.17, 15) is 0 Å². The first-order valence-corrected chi connectivity index (χ1v) is 8.04. The van der Waals surface area contributed by atoms with Gasteiger partial charge in [-0.2, -0.15) is 0 Å². The van der Waals surface area contributed by atoms with Crippen LogP contribution in [0.3, 0.4) is 0 Å². The molecule has 19 heavy (non-hydrogen) atoms. The number of ether oxygens (including phenoxy) is 2. The van der Waals surface area contributed by atoms with Gasteiger partial charge in [-0.1, -0.05) is 26.2 Å². The molecular weight excluding hydrogens is 240 g/mol. The quantitative estimate of drug-likeness (QED) is 0.713. The van der Waals surface area contributed by atoms with Crippen molar-refractivity contribution >= 4 is 0 Å². The van der Waals surface area contributed by atoms with Crippen molar-refractivity contribution in [1.29, 1.82) is 0 Å². The second kappa shape index (κ2) is 8.90. The van der Waals surface area contributed by atoms with E-state index in [4.69, 9.17) is 9.47 Å². The third-order valence-electron chi connectivity index (χ3n) is 4.23. The van der Waals surface area contributed by atoms with E-state index in [1.165, 1.54) is 32.1 Å². The van der Waals surface area contributed by atoms with Gasteiger partial charge in [0, 0.05) is 26.2 Å². The molecular formula is C15H30N2O2. The molecule has 1 unspecified atom stereocenters. The molecule has 0 bridgehead atoms. The average Bonchev–Trinajstić information content (AvgIpc) is 2.48. The molecule has 4 nitrogen and oxygen atoms in total. The monoisotopic (exact) mass is 270 g/mol. The summed E-state index contributed by atoms with van der Waals surface area (Å²) >= 11 is 0. The molecule has 1 aliphatic carbocycles. The molecule has 1 saturated carbocycles. The summed E-state index contributed by atoms with van der Waals surface area (Å²) < 4.78 is 11.7. The van der Waals surface area contributed by atoms with E-state index >= 15 is 0 Å². The van der Waals surface area contributed by atoms with Crippen LogP contribution in [0.4, 0.5) is 0 Å². The molecule has 2 rings (SSSR count). The van der Waals surface area contributed by atoms with Gasteiger partial charge in [0.1, 0.15) is 0 Å². The Labute approximate surface area is 117 Å². The highest BCUT2D eigenvalue weighted by Gasteiger charge is 2.18. The molecule has 0 radical (unpaired) electrons. The van der Waals surface area contributed by atoms with Gasteiger partial charge in [-0.15, -0.1) is 0 Å². The molecule has 1 N–H and O–H groups in total. The zero-order valence-corrected chi connectivity index (χ0v) is 12.4. The van der Waals surface area contributed by atoms with Crippen molar-refractivity contribution in [2.45, 2.75) is 51.2 Å². The number of hydrogen-bond acceptors (Lipinski definition) is 4. The van der Waals surface area contributed by atoms with Crippen LogP contribution in [0.25, 0.3) is 0 Å². The van der Waals surface area contributed by atoms with Crippen molar-refractivity contribution in [1.82, 2.24) is 10.2 Å². The minimum atomic E-state index is 0.350. The number of nitrogens with one attached hydrogen (secondary N) is 1. The van der Waals surface area contributed by atoms with E-state index in [0.29, 0.717) is 12.2 Å². The summed E-state index contributed by atoms with van der Waals surface area (Å²) in [5, 5.41) is 3.46. The van der Waals surface area contributed by atoms with Gasteiger partial charge in [0.2, 0.25) is 0 Å². The largest absolute Gasteiger partial charge is 0.377 e. The second-order valence-corrected chi connectivity index (χ2v) is 5.72. The van der Waals surface area contributed by atoms with Crippen LogP contribution in [-0.4, -0.2) is 63.0 Å². The van der Waals surface area contributed by atoms with Crippen molar-refractivity contribution in [3.05, 3.63) is 0 Å². The summed E-state index contributed by atoms with van der Waals surface area (Å²) in [5.41, 5.74) is 0. The fourth-order valence-electron chi connectivity index (χ4n) is 2.98. The van der Waals surface area contributed by atoms with Gasteiger partial charge in [0.25, 0.3) is 0 Å². The Morgan fingerprint density at radius 1 is 1.26 bits per heavy atom. The van der Waals surface area contributed by atoms with Crippen molar-refractivity contribution in [3.8, 4) is 0 Å². The van der Waals surface area contributed by atoms with E-state index in [0.717, 1.165) is 45.9 Å². The maximum absolute atomic E-state index is 5.90. The highest BCUT2D eigenvalue weighted by molar-refractivity contribution is 4.72. The predicted molar refractivity (Wildman–Crippen MR) is 77.5 cm³/mol. The first kappa shape index (κ1) is 15.2. The van der Waals surface area contributed by atoms with Crippen molar-refractivity contribution in [2.24, 2.45) is 0 Å². The maximum atomic E-state index is 5.90. The van der Waals surface area contributed by atoms with Gasteiger partial charge < -0.3 is 14.8 Å². The van der Waals surface area contributed by atoms with Crippen LogP contribution in [0.5, 0.6) is 0 Å². The molecule has 2 fully saturated rings. The summed E-state index contributed by atoms with van der Waals surface area (Å²) in [6.07, 6.45) is 7.49. The Bertz CT molecular complexity index is 232. The van der Waals surface area contributed by atoms with Gasteiger partial charge in [0.15, 0.2) is 0 Å². The number of hydrogen-bond donors (Lipinski definition) is 1. The zero-order chi connectivity index (χ0) is 13.3. The lowest BCUT2D eigenvalue weighted by Crippen LogP contribution is -2.46. The van der Waals surface area contributed by atoms with Crippen molar-refractivity contribution in [2.75, 3.05) is 45.9 Å². The smallest absolute Gasteiger partial charge is 0.0826 e. The van der Waals surface area contributed by atoms with Crippen molar-refractivity contribution in [3.63, 3.8) is 0 Å². The summed E-state index contributed by atoms with van der Waals surface area (Å²) in [6, 6.07) is 0. The maximum Gasteiger partial charge on any atom is 0.0826 e. The number of nitrogens with zero attached hydrogens (tertiary/aromatic N) is 1. The molecule has 1 saturated heterocycles. The molecule has 1 aliphatic heterocycles. The van der Waals surface area contributed by atoms with Crippen LogP contribution in [0.2, 0.25) is 0 Å². The standard InChI is InChI=1S/C15H30N2O2/c1-2-17-9-11-19-15(13-17)12-16-8-10-18-14-6-4-3-5-7-14/h14-16H,2-13H2,1H3. The van der Waals surface area contributed by atoms with Crippen LogP contribution >= 0.6 is 0 Å². The minimum absolute atomic E-state index is 0.350. The Morgan fingerprint density at radius 3 is 2.89 bits per heavy atom. The first-order valence-electron chi connectivity index (χ1n) is 8.04. The van der Waals surface area contributed by atoms with Crippen LogP contribution < -0.4 is 5.32 Å². The van der Waals surface area contributed by atoms with Crippen molar-refractivity contribution < 1.29 is 9.47 Å². The van der Waals surface area contributed by atoms with E-state index in [2.05, 4.69) is 17.1 Å². The molecule has 0 spiro atoms. The van der Waals surface area contributed by atoms with Crippen LogP contribution in [0.1, 0.15) is 39.0 Å². The Morgan fingerprint density at radius 2 is 2.11 bits per heavy atom. The molecule has 0 amide bonds. The van der Waals surface area contributed by atoms with E-state index in [1.54, 1.807) is 0 Å². The number of rotatable bonds is 7. The molecule has 4 heteroatoms.